The van der Waals surface area contributed by atoms with Gasteiger partial charge in [0.2, 0.25) is 5.88 Å². The van der Waals surface area contributed by atoms with Crippen molar-refractivity contribution in [2.24, 2.45) is 5.92 Å². The standard InChI is InChI=1S/C10H16N2O/c1-8(2)10(3,4)13-9-5-6-11-7-12-9/h5-8H,1-4H3. The third-order valence-electron chi connectivity index (χ3n) is 2.31. The molecular formula is C10H16N2O. The molecule has 0 amide bonds. The molecule has 1 rings (SSSR count). The number of ether oxygens (including phenoxy) is 1. The van der Waals surface area contributed by atoms with E-state index in [0.717, 1.165) is 0 Å². The van der Waals surface area contributed by atoms with E-state index in [2.05, 4.69) is 37.7 Å². The summed E-state index contributed by atoms with van der Waals surface area (Å²) in [5.41, 5.74) is -0.186. The van der Waals surface area contributed by atoms with Gasteiger partial charge in [-0.2, -0.15) is 0 Å². The van der Waals surface area contributed by atoms with Crippen LogP contribution >= 0.6 is 0 Å². The quantitative estimate of drug-likeness (QED) is 0.715. The van der Waals surface area contributed by atoms with E-state index >= 15 is 0 Å². The molecule has 0 bridgehead atoms. The molecule has 72 valence electrons. The SMILES string of the molecule is CC(C)C(C)(C)Oc1ccncn1. The minimum atomic E-state index is -0.186. The fourth-order valence-corrected chi connectivity index (χ4v) is 0.726. The van der Waals surface area contributed by atoms with Crippen molar-refractivity contribution >= 4 is 0 Å². The van der Waals surface area contributed by atoms with Gasteiger partial charge in [-0.15, -0.1) is 0 Å². The monoisotopic (exact) mass is 180 g/mol. The zero-order valence-corrected chi connectivity index (χ0v) is 8.61. The lowest BCUT2D eigenvalue weighted by atomic mass is 9.95. The first kappa shape index (κ1) is 9.96. The first-order valence-electron chi connectivity index (χ1n) is 4.47. The van der Waals surface area contributed by atoms with Gasteiger partial charge in [0.05, 0.1) is 0 Å². The molecule has 0 radical (unpaired) electrons. The van der Waals surface area contributed by atoms with Crippen molar-refractivity contribution in [1.29, 1.82) is 0 Å². The van der Waals surface area contributed by atoms with Crippen LogP contribution in [0.3, 0.4) is 0 Å². The summed E-state index contributed by atoms with van der Waals surface area (Å²) in [6, 6.07) is 1.77. The Kier molecular flexibility index (Phi) is 2.86. The predicted octanol–water partition coefficient (Wildman–Crippen LogP) is 2.29. The predicted molar refractivity (Wildman–Crippen MR) is 51.6 cm³/mol. The topological polar surface area (TPSA) is 35.0 Å². The summed E-state index contributed by atoms with van der Waals surface area (Å²) in [6.07, 6.45) is 3.17. The molecule has 0 saturated carbocycles. The Morgan fingerprint density at radius 1 is 1.38 bits per heavy atom. The van der Waals surface area contributed by atoms with Crippen molar-refractivity contribution in [3.05, 3.63) is 18.6 Å². The Morgan fingerprint density at radius 3 is 2.54 bits per heavy atom. The smallest absolute Gasteiger partial charge is 0.216 e. The first-order valence-corrected chi connectivity index (χ1v) is 4.47. The molecule has 0 spiro atoms. The van der Waals surface area contributed by atoms with Crippen molar-refractivity contribution in [3.8, 4) is 5.88 Å². The Bertz CT molecular complexity index is 257. The van der Waals surface area contributed by atoms with E-state index in [9.17, 15) is 0 Å². The van der Waals surface area contributed by atoms with Gasteiger partial charge in [-0.3, -0.25) is 0 Å². The Labute approximate surface area is 79.2 Å². The number of rotatable bonds is 3. The molecule has 0 aliphatic heterocycles. The highest BCUT2D eigenvalue weighted by Crippen LogP contribution is 2.22. The fourth-order valence-electron chi connectivity index (χ4n) is 0.726. The van der Waals surface area contributed by atoms with Crippen LogP contribution in [0.1, 0.15) is 27.7 Å². The maximum absolute atomic E-state index is 5.71. The Balaban J connectivity index is 2.69. The molecular weight excluding hydrogens is 164 g/mol. The normalized spacial score (nSPS) is 11.8. The average molecular weight is 180 g/mol. The largest absolute Gasteiger partial charge is 0.471 e. The van der Waals surface area contributed by atoms with E-state index < -0.39 is 0 Å². The van der Waals surface area contributed by atoms with Crippen molar-refractivity contribution in [2.75, 3.05) is 0 Å². The molecule has 13 heavy (non-hydrogen) atoms. The van der Waals surface area contributed by atoms with Gasteiger partial charge < -0.3 is 4.74 Å². The van der Waals surface area contributed by atoms with Gasteiger partial charge in [-0.05, 0) is 19.8 Å². The minimum absolute atomic E-state index is 0.186. The average Bonchev–Trinajstić information content (AvgIpc) is 2.05. The van der Waals surface area contributed by atoms with Crippen LogP contribution in [0.4, 0.5) is 0 Å². The van der Waals surface area contributed by atoms with E-state index in [1.165, 1.54) is 6.33 Å². The third-order valence-corrected chi connectivity index (χ3v) is 2.31. The minimum Gasteiger partial charge on any atom is -0.471 e. The highest BCUT2D eigenvalue weighted by Gasteiger charge is 2.24. The van der Waals surface area contributed by atoms with Crippen molar-refractivity contribution in [2.45, 2.75) is 33.3 Å². The lowest BCUT2D eigenvalue weighted by Crippen LogP contribution is -2.34. The fraction of sp³-hybridized carbons (Fsp3) is 0.600. The van der Waals surface area contributed by atoms with E-state index in [4.69, 9.17) is 4.74 Å². The molecule has 1 aromatic rings. The van der Waals surface area contributed by atoms with Gasteiger partial charge in [-0.1, -0.05) is 13.8 Å². The van der Waals surface area contributed by atoms with Crippen molar-refractivity contribution < 1.29 is 4.74 Å². The summed E-state index contributed by atoms with van der Waals surface area (Å²) in [7, 11) is 0. The highest BCUT2D eigenvalue weighted by atomic mass is 16.5. The summed E-state index contributed by atoms with van der Waals surface area (Å²) in [4.78, 5) is 7.84. The van der Waals surface area contributed by atoms with Gasteiger partial charge in [0.25, 0.3) is 0 Å². The van der Waals surface area contributed by atoms with Gasteiger partial charge in [-0.25, -0.2) is 9.97 Å². The van der Waals surface area contributed by atoms with E-state index in [-0.39, 0.29) is 5.60 Å². The zero-order chi connectivity index (χ0) is 9.90. The van der Waals surface area contributed by atoms with Crippen LogP contribution in [-0.2, 0) is 0 Å². The summed E-state index contributed by atoms with van der Waals surface area (Å²) >= 11 is 0. The van der Waals surface area contributed by atoms with E-state index in [0.29, 0.717) is 11.8 Å². The second kappa shape index (κ2) is 3.73. The van der Waals surface area contributed by atoms with E-state index in [1.54, 1.807) is 12.3 Å². The maximum atomic E-state index is 5.71. The molecule has 1 heterocycles. The summed E-state index contributed by atoms with van der Waals surface area (Å²) in [5.74, 6) is 1.08. The number of hydrogen-bond acceptors (Lipinski definition) is 3. The maximum Gasteiger partial charge on any atom is 0.216 e. The summed E-state index contributed by atoms with van der Waals surface area (Å²) < 4.78 is 5.71. The van der Waals surface area contributed by atoms with Crippen LogP contribution in [0.25, 0.3) is 0 Å². The molecule has 3 nitrogen and oxygen atoms in total. The molecule has 0 aliphatic rings. The van der Waals surface area contributed by atoms with Crippen LogP contribution in [0, 0.1) is 5.92 Å². The molecule has 3 heteroatoms. The molecule has 0 atom stereocenters. The number of hydrogen-bond donors (Lipinski definition) is 0. The van der Waals surface area contributed by atoms with Crippen LogP contribution in [0.2, 0.25) is 0 Å². The lowest BCUT2D eigenvalue weighted by Gasteiger charge is -2.29. The van der Waals surface area contributed by atoms with Gasteiger partial charge in [0.15, 0.2) is 0 Å². The van der Waals surface area contributed by atoms with Crippen LogP contribution in [-0.4, -0.2) is 15.6 Å². The first-order chi connectivity index (χ1) is 6.02. The second-order valence-electron chi connectivity index (χ2n) is 3.91. The number of aromatic nitrogens is 2. The summed E-state index contributed by atoms with van der Waals surface area (Å²) in [6.45, 7) is 8.36. The lowest BCUT2D eigenvalue weighted by molar-refractivity contribution is 0.0548. The van der Waals surface area contributed by atoms with Crippen molar-refractivity contribution in [1.82, 2.24) is 9.97 Å². The molecule has 0 N–H and O–H groups in total. The Morgan fingerprint density at radius 2 is 2.08 bits per heavy atom. The van der Waals surface area contributed by atoms with Crippen LogP contribution in [0.15, 0.2) is 18.6 Å². The molecule has 0 aromatic carbocycles. The second-order valence-corrected chi connectivity index (χ2v) is 3.91. The summed E-state index contributed by atoms with van der Waals surface area (Å²) in [5, 5.41) is 0. The van der Waals surface area contributed by atoms with Crippen LogP contribution < -0.4 is 4.74 Å². The molecule has 1 aromatic heterocycles. The van der Waals surface area contributed by atoms with Crippen LogP contribution in [0.5, 0.6) is 5.88 Å². The number of nitrogens with zero attached hydrogens (tertiary/aromatic N) is 2. The molecule has 0 aliphatic carbocycles. The molecule has 0 saturated heterocycles. The Hall–Kier alpha value is -1.12. The zero-order valence-electron chi connectivity index (χ0n) is 8.61. The third kappa shape index (κ3) is 2.68. The van der Waals surface area contributed by atoms with E-state index in [1.807, 2.05) is 0 Å². The van der Waals surface area contributed by atoms with Gasteiger partial charge in [0.1, 0.15) is 11.9 Å². The highest BCUT2D eigenvalue weighted by molar-refractivity contribution is 5.06. The van der Waals surface area contributed by atoms with Gasteiger partial charge in [0, 0.05) is 12.3 Å². The van der Waals surface area contributed by atoms with Crippen molar-refractivity contribution in [3.63, 3.8) is 0 Å². The molecule has 0 fully saturated rings. The molecule has 0 unspecified atom stereocenters. The van der Waals surface area contributed by atoms with Gasteiger partial charge >= 0.3 is 0 Å².